The van der Waals surface area contributed by atoms with Crippen LogP contribution >= 0.6 is 23.2 Å². The fourth-order valence-electron chi connectivity index (χ4n) is 2.10. The maximum Gasteiger partial charge on any atom is 0.277 e. The van der Waals surface area contributed by atoms with Gasteiger partial charge in [0.1, 0.15) is 5.75 Å². The van der Waals surface area contributed by atoms with E-state index in [9.17, 15) is 9.59 Å². The van der Waals surface area contributed by atoms with E-state index in [0.29, 0.717) is 27.2 Å². The van der Waals surface area contributed by atoms with Crippen molar-refractivity contribution in [1.29, 1.82) is 0 Å². The predicted molar refractivity (Wildman–Crippen MR) is 108 cm³/mol. The molecule has 2 aromatic rings. The summed E-state index contributed by atoms with van der Waals surface area (Å²) in [6.45, 7) is 3.39. The van der Waals surface area contributed by atoms with Crippen LogP contribution in [0.2, 0.25) is 10.0 Å². The van der Waals surface area contributed by atoms with Crippen LogP contribution in [0.5, 0.6) is 5.75 Å². The lowest BCUT2D eigenvalue weighted by Gasteiger charge is -2.08. The highest BCUT2D eigenvalue weighted by atomic mass is 35.5. The van der Waals surface area contributed by atoms with Crippen LogP contribution in [-0.4, -0.2) is 24.1 Å². The Morgan fingerprint density at radius 2 is 1.89 bits per heavy atom. The Labute approximate surface area is 167 Å². The fourth-order valence-corrected chi connectivity index (χ4v) is 2.56. The SMILES string of the molecule is C/C(CC(=O)Nc1ccc(Cl)cc1Cl)=N/NC(=O)COc1cccc(C)c1. The van der Waals surface area contributed by atoms with Gasteiger partial charge in [0, 0.05) is 10.7 Å². The first kappa shape index (κ1) is 20.7. The van der Waals surface area contributed by atoms with E-state index < -0.39 is 5.91 Å². The van der Waals surface area contributed by atoms with Gasteiger partial charge in [-0.3, -0.25) is 9.59 Å². The number of amides is 2. The average Bonchev–Trinajstić information content (AvgIpc) is 2.60. The summed E-state index contributed by atoms with van der Waals surface area (Å²) in [5, 5.41) is 7.37. The number of rotatable bonds is 7. The molecular weight excluding hydrogens is 389 g/mol. The molecule has 2 aromatic carbocycles. The summed E-state index contributed by atoms with van der Waals surface area (Å²) >= 11 is 11.8. The molecule has 0 unspecified atom stereocenters. The average molecular weight is 408 g/mol. The first-order valence-corrected chi connectivity index (χ1v) is 8.85. The molecule has 0 saturated carbocycles. The Balaban J connectivity index is 1.78. The molecule has 6 nitrogen and oxygen atoms in total. The zero-order chi connectivity index (χ0) is 19.8. The van der Waals surface area contributed by atoms with Gasteiger partial charge in [-0.25, -0.2) is 5.43 Å². The molecule has 0 spiro atoms. The molecule has 0 aromatic heterocycles. The van der Waals surface area contributed by atoms with E-state index >= 15 is 0 Å². The molecule has 2 N–H and O–H groups in total. The number of aryl methyl sites for hydroxylation is 1. The van der Waals surface area contributed by atoms with Crippen molar-refractivity contribution in [3.63, 3.8) is 0 Å². The van der Waals surface area contributed by atoms with Crippen LogP contribution in [0.15, 0.2) is 47.6 Å². The summed E-state index contributed by atoms with van der Waals surface area (Å²) in [7, 11) is 0. The lowest BCUT2D eigenvalue weighted by molar-refractivity contribution is -0.123. The lowest BCUT2D eigenvalue weighted by Crippen LogP contribution is -2.26. The van der Waals surface area contributed by atoms with Crippen molar-refractivity contribution < 1.29 is 14.3 Å². The maximum absolute atomic E-state index is 12.0. The van der Waals surface area contributed by atoms with Gasteiger partial charge in [-0.2, -0.15) is 5.10 Å². The predicted octanol–water partition coefficient (Wildman–Crippen LogP) is 4.20. The molecule has 0 bridgehead atoms. The smallest absolute Gasteiger partial charge is 0.277 e. The molecule has 27 heavy (non-hydrogen) atoms. The summed E-state index contributed by atoms with van der Waals surface area (Å²) in [6, 6.07) is 12.1. The van der Waals surface area contributed by atoms with Crippen molar-refractivity contribution in [2.45, 2.75) is 20.3 Å². The second-order valence-corrected chi connectivity index (χ2v) is 6.68. The van der Waals surface area contributed by atoms with E-state index in [2.05, 4.69) is 15.8 Å². The molecule has 2 rings (SSSR count). The van der Waals surface area contributed by atoms with Gasteiger partial charge in [0.25, 0.3) is 5.91 Å². The molecule has 0 fully saturated rings. The number of hydrogen-bond acceptors (Lipinski definition) is 4. The second kappa shape index (κ2) is 9.94. The number of ether oxygens (including phenoxy) is 1. The Morgan fingerprint density at radius 3 is 2.59 bits per heavy atom. The first-order chi connectivity index (χ1) is 12.8. The number of carbonyl (C=O) groups excluding carboxylic acids is 2. The van der Waals surface area contributed by atoms with Crippen molar-refractivity contribution >= 4 is 46.4 Å². The number of hydrazone groups is 1. The largest absolute Gasteiger partial charge is 0.484 e. The van der Waals surface area contributed by atoms with E-state index in [4.69, 9.17) is 27.9 Å². The van der Waals surface area contributed by atoms with Crippen molar-refractivity contribution in [1.82, 2.24) is 5.43 Å². The molecule has 0 atom stereocenters. The summed E-state index contributed by atoms with van der Waals surface area (Å²) in [6.07, 6.45) is -0.00201. The monoisotopic (exact) mass is 407 g/mol. The van der Waals surface area contributed by atoms with Crippen LogP contribution in [-0.2, 0) is 9.59 Å². The zero-order valence-corrected chi connectivity index (χ0v) is 16.4. The maximum atomic E-state index is 12.0. The van der Waals surface area contributed by atoms with Crippen LogP contribution in [0.25, 0.3) is 0 Å². The first-order valence-electron chi connectivity index (χ1n) is 8.10. The Kier molecular flexibility index (Phi) is 7.64. The number of nitrogens with one attached hydrogen (secondary N) is 2. The third-order valence-corrected chi connectivity index (χ3v) is 3.90. The fraction of sp³-hybridized carbons (Fsp3) is 0.211. The number of halogens is 2. The van der Waals surface area contributed by atoms with E-state index in [0.717, 1.165) is 5.56 Å². The van der Waals surface area contributed by atoms with Crippen molar-refractivity contribution in [3.8, 4) is 5.75 Å². The second-order valence-electron chi connectivity index (χ2n) is 5.84. The van der Waals surface area contributed by atoms with E-state index in [1.54, 1.807) is 25.1 Å². The van der Waals surface area contributed by atoms with Gasteiger partial charge in [-0.15, -0.1) is 0 Å². The molecule has 0 aliphatic heterocycles. The number of carbonyl (C=O) groups is 2. The van der Waals surface area contributed by atoms with E-state index in [1.165, 1.54) is 6.07 Å². The molecule has 142 valence electrons. The lowest BCUT2D eigenvalue weighted by atomic mass is 10.2. The quantitative estimate of drug-likeness (QED) is 0.532. The Hall–Kier alpha value is -2.57. The van der Waals surface area contributed by atoms with Crippen molar-refractivity contribution in [2.24, 2.45) is 5.10 Å². The van der Waals surface area contributed by atoms with E-state index in [1.807, 2.05) is 25.1 Å². The third-order valence-electron chi connectivity index (χ3n) is 3.35. The highest BCUT2D eigenvalue weighted by Crippen LogP contribution is 2.25. The molecule has 0 radical (unpaired) electrons. The summed E-state index contributed by atoms with van der Waals surface area (Å²) in [5.74, 6) is -0.132. The van der Waals surface area contributed by atoms with Crippen LogP contribution in [0.3, 0.4) is 0 Å². The highest BCUT2D eigenvalue weighted by molar-refractivity contribution is 6.36. The number of benzene rings is 2. The molecule has 8 heteroatoms. The molecular formula is C19H19Cl2N3O3. The van der Waals surface area contributed by atoms with E-state index in [-0.39, 0.29) is 18.9 Å². The van der Waals surface area contributed by atoms with Gasteiger partial charge in [-0.05, 0) is 49.7 Å². The minimum absolute atomic E-state index is 0.00201. The van der Waals surface area contributed by atoms with Crippen LogP contribution < -0.4 is 15.5 Å². The van der Waals surface area contributed by atoms with Gasteiger partial charge in [-0.1, -0.05) is 35.3 Å². The topological polar surface area (TPSA) is 79.8 Å². The summed E-state index contributed by atoms with van der Waals surface area (Å²) in [5.41, 5.74) is 4.28. The minimum Gasteiger partial charge on any atom is -0.484 e. The molecule has 0 saturated heterocycles. The van der Waals surface area contributed by atoms with Gasteiger partial charge in [0.05, 0.1) is 17.1 Å². The van der Waals surface area contributed by atoms with Gasteiger partial charge < -0.3 is 10.1 Å². The zero-order valence-electron chi connectivity index (χ0n) is 14.9. The Morgan fingerprint density at radius 1 is 1.11 bits per heavy atom. The molecule has 0 heterocycles. The molecule has 0 aliphatic carbocycles. The van der Waals surface area contributed by atoms with Gasteiger partial charge in [0.15, 0.2) is 6.61 Å². The van der Waals surface area contributed by atoms with Crippen molar-refractivity contribution in [2.75, 3.05) is 11.9 Å². The standard InChI is InChI=1S/C19H19Cl2N3O3/c1-12-4-3-5-15(8-12)27-11-19(26)24-23-13(2)9-18(25)22-17-7-6-14(20)10-16(17)21/h3-8,10H,9,11H2,1-2H3,(H,22,25)(H,24,26)/b23-13-. The minimum atomic E-state index is -0.419. The van der Waals surface area contributed by atoms with Crippen molar-refractivity contribution in [3.05, 3.63) is 58.1 Å². The third kappa shape index (κ3) is 7.29. The van der Waals surface area contributed by atoms with Crippen LogP contribution in [0.1, 0.15) is 18.9 Å². The molecule has 2 amide bonds. The number of nitrogens with zero attached hydrogens (tertiary/aromatic N) is 1. The summed E-state index contributed by atoms with van der Waals surface area (Å²) < 4.78 is 5.38. The highest BCUT2D eigenvalue weighted by Gasteiger charge is 2.09. The van der Waals surface area contributed by atoms with Gasteiger partial charge in [0.2, 0.25) is 5.91 Å². The van der Waals surface area contributed by atoms with Gasteiger partial charge >= 0.3 is 0 Å². The Bertz CT molecular complexity index is 869. The number of anilines is 1. The normalized spacial score (nSPS) is 11.0. The van der Waals surface area contributed by atoms with Crippen LogP contribution in [0.4, 0.5) is 5.69 Å². The summed E-state index contributed by atoms with van der Waals surface area (Å²) in [4.78, 5) is 23.8. The van der Waals surface area contributed by atoms with Crippen LogP contribution in [0, 0.1) is 6.92 Å². The molecule has 0 aliphatic rings. The number of hydrogen-bond donors (Lipinski definition) is 2.